The molecule has 0 saturated carbocycles. The van der Waals surface area contributed by atoms with Gasteiger partial charge in [-0.25, -0.2) is 0 Å². The molecule has 0 bridgehead atoms. The molecule has 8 heteroatoms. The molecule has 114 valence electrons. The molecule has 0 saturated heterocycles. The number of hydrogen-bond donors (Lipinski definition) is 3. The number of nitrogens with one attached hydrogen (secondary N) is 2. The maximum atomic E-state index is 11.6. The van der Waals surface area contributed by atoms with Crippen LogP contribution < -0.4 is 16.4 Å². The number of methoxy groups -OCH3 is 2. The predicted octanol–water partition coefficient (Wildman–Crippen LogP) is -0.541. The molecule has 0 aliphatic rings. The zero-order chi connectivity index (χ0) is 15.8. The van der Waals surface area contributed by atoms with Crippen LogP contribution in [0.25, 0.3) is 0 Å². The molecule has 0 spiro atoms. The highest BCUT2D eigenvalue weighted by molar-refractivity contribution is 6.39. The second-order valence-electron chi connectivity index (χ2n) is 4.01. The van der Waals surface area contributed by atoms with E-state index in [1.54, 1.807) is 0 Å². The molecule has 0 radical (unpaired) electrons. The molecular formula is C13H17N3O5. The highest BCUT2D eigenvalue weighted by Crippen LogP contribution is 2.08. The topological polar surface area (TPSA) is 120 Å². The summed E-state index contributed by atoms with van der Waals surface area (Å²) in [6.07, 6.45) is -0.628. The molecule has 0 atom stereocenters. The van der Waals surface area contributed by atoms with Crippen molar-refractivity contribution in [1.82, 2.24) is 5.32 Å². The maximum Gasteiger partial charge on any atom is 0.313 e. The molecule has 0 aliphatic heterocycles. The summed E-state index contributed by atoms with van der Waals surface area (Å²) >= 11 is 0. The van der Waals surface area contributed by atoms with Gasteiger partial charge in [-0.3, -0.25) is 14.4 Å². The molecule has 8 nitrogen and oxygen atoms in total. The number of benzene rings is 1. The van der Waals surface area contributed by atoms with E-state index in [1.807, 2.05) is 0 Å². The van der Waals surface area contributed by atoms with Crippen molar-refractivity contribution >= 4 is 23.4 Å². The molecular weight excluding hydrogens is 278 g/mol. The minimum absolute atomic E-state index is 0.0415. The second-order valence-corrected chi connectivity index (χ2v) is 4.01. The summed E-state index contributed by atoms with van der Waals surface area (Å²) in [5.74, 6) is -2.24. The number of carbonyl (C=O) groups is 3. The van der Waals surface area contributed by atoms with E-state index in [9.17, 15) is 14.4 Å². The van der Waals surface area contributed by atoms with Gasteiger partial charge in [0.2, 0.25) is 5.91 Å². The average molecular weight is 295 g/mol. The fourth-order valence-corrected chi connectivity index (χ4v) is 1.42. The van der Waals surface area contributed by atoms with Crippen LogP contribution >= 0.6 is 0 Å². The van der Waals surface area contributed by atoms with Crippen molar-refractivity contribution in [2.24, 2.45) is 5.73 Å². The number of amides is 3. The minimum Gasteiger partial charge on any atom is -0.366 e. The zero-order valence-electron chi connectivity index (χ0n) is 11.7. The van der Waals surface area contributed by atoms with E-state index in [0.29, 0.717) is 11.3 Å². The van der Waals surface area contributed by atoms with Gasteiger partial charge in [-0.2, -0.15) is 0 Å². The fourth-order valence-electron chi connectivity index (χ4n) is 1.42. The quantitative estimate of drug-likeness (QED) is 0.481. The molecule has 3 amide bonds. The lowest BCUT2D eigenvalue weighted by atomic mass is 10.2. The average Bonchev–Trinajstić information content (AvgIpc) is 2.48. The molecule has 0 aliphatic carbocycles. The van der Waals surface area contributed by atoms with Crippen LogP contribution in [-0.2, 0) is 19.1 Å². The third kappa shape index (κ3) is 5.21. The van der Waals surface area contributed by atoms with Crippen molar-refractivity contribution in [1.29, 1.82) is 0 Å². The summed E-state index contributed by atoms with van der Waals surface area (Å²) in [4.78, 5) is 34.1. The third-order valence-electron chi connectivity index (χ3n) is 2.59. The van der Waals surface area contributed by atoms with Crippen LogP contribution in [0.5, 0.6) is 0 Å². The van der Waals surface area contributed by atoms with Crippen molar-refractivity contribution < 1.29 is 23.9 Å². The van der Waals surface area contributed by atoms with Crippen LogP contribution in [0.3, 0.4) is 0 Å². The van der Waals surface area contributed by atoms with Gasteiger partial charge < -0.3 is 25.8 Å². The maximum absolute atomic E-state index is 11.6. The molecule has 0 fully saturated rings. The Balaban J connectivity index is 2.52. The van der Waals surface area contributed by atoms with Gasteiger partial charge in [-0.05, 0) is 24.3 Å². The van der Waals surface area contributed by atoms with E-state index >= 15 is 0 Å². The van der Waals surface area contributed by atoms with Crippen molar-refractivity contribution in [2.75, 3.05) is 26.1 Å². The Morgan fingerprint density at radius 3 is 2.14 bits per heavy atom. The summed E-state index contributed by atoms with van der Waals surface area (Å²) in [7, 11) is 2.83. The van der Waals surface area contributed by atoms with Crippen molar-refractivity contribution in [3.8, 4) is 0 Å². The molecule has 4 N–H and O–H groups in total. The minimum atomic E-state index is -0.840. The summed E-state index contributed by atoms with van der Waals surface area (Å²) in [5.41, 5.74) is 5.77. The highest BCUT2D eigenvalue weighted by Gasteiger charge is 2.15. The SMILES string of the molecule is COC(CNC(=O)C(=O)Nc1ccc(C(N)=O)cc1)OC. The van der Waals surface area contributed by atoms with Crippen molar-refractivity contribution in [2.45, 2.75) is 6.29 Å². The first kappa shape index (κ1) is 16.6. The van der Waals surface area contributed by atoms with Gasteiger partial charge in [-0.1, -0.05) is 0 Å². The lowest BCUT2D eigenvalue weighted by Crippen LogP contribution is -2.40. The van der Waals surface area contributed by atoms with Crippen molar-refractivity contribution in [3.63, 3.8) is 0 Å². The molecule has 1 aromatic rings. The van der Waals surface area contributed by atoms with Gasteiger partial charge in [0, 0.05) is 25.5 Å². The van der Waals surface area contributed by atoms with E-state index in [0.717, 1.165) is 0 Å². The van der Waals surface area contributed by atoms with E-state index in [-0.39, 0.29) is 6.54 Å². The van der Waals surface area contributed by atoms with Crippen LogP contribution in [0.4, 0.5) is 5.69 Å². The van der Waals surface area contributed by atoms with Gasteiger partial charge in [0.15, 0.2) is 6.29 Å². The summed E-state index contributed by atoms with van der Waals surface area (Å²) in [6.45, 7) is 0.0415. The third-order valence-corrected chi connectivity index (χ3v) is 2.59. The first-order valence-electron chi connectivity index (χ1n) is 6.02. The Hall–Kier alpha value is -2.45. The molecule has 1 rings (SSSR count). The number of carbonyl (C=O) groups excluding carboxylic acids is 3. The number of hydrogen-bond acceptors (Lipinski definition) is 5. The van der Waals surface area contributed by atoms with Gasteiger partial charge >= 0.3 is 11.8 Å². The van der Waals surface area contributed by atoms with E-state index in [2.05, 4.69) is 10.6 Å². The van der Waals surface area contributed by atoms with Crippen LogP contribution in [-0.4, -0.2) is 44.8 Å². The fraction of sp³-hybridized carbons (Fsp3) is 0.308. The smallest absolute Gasteiger partial charge is 0.313 e. The summed E-state index contributed by atoms with van der Waals surface area (Å²) in [5, 5.41) is 4.74. The van der Waals surface area contributed by atoms with E-state index in [1.165, 1.54) is 38.5 Å². The highest BCUT2D eigenvalue weighted by atomic mass is 16.7. The normalized spacial score (nSPS) is 10.2. The standard InChI is InChI=1S/C13H17N3O5/c1-20-10(21-2)7-15-12(18)13(19)16-9-5-3-8(4-6-9)11(14)17/h3-6,10H,7H2,1-2H3,(H2,14,17)(H,15,18)(H,16,19). The number of primary amides is 1. The largest absolute Gasteiger partial charge is 0.366 e. The molecule has 0 heterocycles. The number of nitrogens with two attached hydrogens (primary N) is 1. The molecule has 1 aromatic carbocycles. The summed E-state index contributed by atoms with van der Waals surface area (Å²) < 4.78 is 9.74. The van der Waals surface area contributed by atoms with E-state index < -0.39 is 24.0 Å². The number of ether oxygens (including phenoxy) is 2. The first-order valence-corrected chi connectivity index (χ1v) is 6.02. The van der Waals surface area contributed by atoms with Crippen molar-refractivity contribution in [3.05, 3.63) is 29.8 Å². The Kier molecular flexibility index (Phi) is 6.31. The van der Waals surface area contributed by atoms with Crippen LogP contribution in [0.15, 0.2) is 24.3 Å². The van der Waals surface area contributed by atoms with Gasteiger partial charge in [0.25, 0.3) is 0 Å². The Morgan fingerprint density at radius 2 is 1.67 bits per heavy atom. The summed E-state index contributed by atoms with van der Waals surface area (Å²) in [6, 6.07) is 5.83. The Morgan fingerprint density at radius 1 is 1.10 bits per heavy atom. The number of anilines is 1. The van der Waals surface area contributed by atoms with Crippen LogP contribution in [0.1, 0.15) is 10.4 Å². The number of rotatable bonds is 6. The molecule has 0 unspecified atom stereocenters. The van der Waals surface area contributed by atoms with Crippen LogP contribution in [0, 0.1) is 0 Å². The first-order chi connectivity index (χ1) is 9.97. The van der Waals surface area contributed by atoms with Crippen LogP contribution in [0.2, 0.25) is 0 Å². The van der Waals surface area contributed by atoms with Gasteiger partial charge in [-0.15, -0.1) is 0 Å². The lowest BCUT2D eigenvalue weighted by Gasteiger charge is -2.13. The van der Waals surface area contributed by atoms with Gasteiger partial charge in [0.05, 0.1) is 6.54 Å². The zero-order valence-corrected chi connectivity index (χ0v) is 11.7. The lowest BCUT2D eigenvalue weighted by molar-refractivity contribution is -0.139. The predicted molar refractivity (Wildman–Crippen MR) is 74.4 cm³/mol. The van der Waals surface area contributed by atoms with E-state index in [4.69, 9.17) is 15.2 Å². The Bertz CT molecular complexity index is 511. The Labute approximate surface area is 121 Å². The van der Waals surface area contributed by atoms with Gasteiger partial charge in [0.1, 0.15) is 0 Å². The second kappa shape index (κ2) is 7.98. The monoisotopic (exact) mass is 295 g/mol. The molecule has 21 heavy (non-hydrogen) atoms. The molecule has 0 aromatic heterocycles.